The van der Waals surface area contributed by atoms with Crippen molar-refractivity contribution in [3.8, 4) is 0 Å². The molecule has 2 nitrogen and oxygen atoms in total. The van der Waals surface area contributed by atoms with Gasteiger partial charge in [-0.15, -0.1) is 0 Å². The van der Waals surface area contributed by atoms with Gasteiger partial charge >= 0.3 is 0 Å². The van der Waals surface area contributed by atoms with Crippen molar-refractivity contribution in [2.45, 2.75) is 26.7 Å². The van der Waals surface area contributed by atoms with Gasteiger partial charge in [-0.1, -0.05) is 19.9 Å². The third-order valence-corrected chi connectivity index (χ3v) is 2.83. The molecule has 0 aromatic heterocycles. The molecule has 0 saturated carbocycles. The molecule has 1 aromatic carbocycles. The Morgan fingerprint density at radius 3 is 2.42 bits per heavy atom. The van der Waals surface area contributed by atoms with Crippen molar-refractivity contribution in [3.05, 3.63) is 35.4 Å². The van der Waals surface area contributed by atoms with E-state index in [0.29, 0.717) is 5.92 Å². The van der Waals surface area contributed by atoms with Crippen LogP contribution in [0.3, 0.4) is 0 Å². The van der Waals surface area contributed by atoms with E-state index in [2.05, 4.69) is 24.5 Å². The maximum absolute atomic E-state index is 13.0. The highest BCUT2D eigenvalue weighted by Gasteiger charge is 2.01. The molecule has 0 bridgehead atoms. The van der Waals surface area contributed by atoms with Crippen LogP contribution in [-0.4, -0.2) is 26.2 Å². The van der Waals surface area contributed by atoms with Gasteiger partial charge in [-0.3, -0.25) is 0 Å². The van der Waals surface area contributed by atoms with Crippen LogP contribution >= 0.6 is 0 Å². The van der Waals surface area contributed by atoms with Gasteiger partial charge in [-0.05, 0) is 62.6 Å². The monoisotopic (exact) mass is 270 g/mol. The topological polar surface area (TPSA) is 24.1 Å². The summed E-state index contributed by atoms with van der Waals surface area (Å²) in [5.74, 6) is -0.871. The summed E-state index contributed by atoms with van der Waals surface area (Å²) >= 11 is 0. The van der Waals surface area contributed by atoms with Gasteiger partial charge in [0, 0.05) is 0 Å². The van der Waals surface area contributed by atoms with E-state index < -0.39 is 11.6 Å². The van der Waals surface area contributed by atoms with E-state index in [1.807, 2.05) is 0 Å². The summed E-state index contributed by atoms with van der Waals surface area (Å²) in [6, 6.07) is 4.08. The first kappa shape index (κ1) is 16.1. The summed E-state index contributed by atoms with van der Waals surface area (Å²) in [4.78, 5) is 0. The van der Waals surface area contributed by atoms with Crippen LogP contribution < -0.4 is 10.6 Å². The second kappa shape index (κ2) is 8.99. The molecule has 1 aromatic rings. The Balaban J connectivity index is 2.03. The van der Waals surface area contributed by atoms with Crippen molar-refractivity contribution < 1.29 is 8.78 Å². The van der Waals surface area contributed by atoms with Gasteiger partial charge in [0.15, 0.2) is 11.6 Å². The minimum Gasteiger partial charge on any atom is -0.316 e. The number of halogens is 2. The molecule has 0 spiro atoms. The lowest BCUT2D eigenvalue weighted by molar-refractivity contribution is 0.506. The minimum absolute atomic E-state index is 0.682. The van der Waals surface area contributed by atoms with Gasteiger partial charge in [0.25, 0.3) is 0 Å². The van der Waals surface area contributed by atoms with Gasteiger partial charge in [0.05, 0.1) is 0 Å². The largest absolute Gasteiger partial charge is 0.316 e. The van der Waals surface area contributed by atoms with Crippen LogP contribution in [0.25, 0.3) is 0 Å². The molecule has 4 heteroatoms. The Kier molecular flexibility index (Phi) is 7.60. The van der Waals surface area contributed by atoms with Gasteiger partial charge < -0.3 is 10.6 Å². The lowest BCUT2D eigenvalue weighted by atomic mass is 10.1. The van der Waals surface area contributed by atoms with Crippen LogP contribution in [0.2, 0.25) is 0 Å². The zero-order chi connectivity index (χ0) is 14.1. The molecule has 1 rings (SSSR count). The molecule has 0 aliphatic rings. The quantitative estimate of drug-likeness (QED) is 0.674. The molecule has 0 saturated heterocycles. The number of nitrogens with one attached hydrogen (secondary N) is 2. The molecule has 0 heterocycles. The van der Waals surface area contributed by atoms with E-state index in [0.717, 1.165) is 44.6 Å². The molecule has 108 valence electrons. The van der Waals surface area contributed by atoms with E-state index in [1.165, 1.54) is 12.1 Å². The lowest BCUT2D eigenvalue weighted by Crippen LogP contribution is -2.25. The fraction of sp³-hybridized carbons (Fsp3) is 0.600. The summed E-state index contributed by atoms with van der Waals surface area (Å²) < 4.78 is 25.7. The molecular formula is C15H24F2N2. The first-order valence-corrected chi connectivity index (χ1v) is 6.95. The van der Waals surface area contributed by atoms with Crippen molar-refractivity contribution in [2.75, 3.05) is 26.2 Å². The molecule has 0 aliphatic carbocycles. The highest BCUT2D eigenvalue weighted by molar-refractivity contribution is 5.17. The van der Waals surface area contributed by atoms with Gasteiger partial charge in [-0.25, -0.2) is 8.78 Å². The van der Waals surface area contributed by atoms with Crippen LogP contribution in [-0.2, 0) is 6.42 Å². The van der Waals surface area contributed by atoms with Crippen molar-refractivity contribution in [2.24, 2.45) is 5.92 Å². The Morgan fingerprint density at radius 1 is 1.00 bits per heavy atom. The van der Waals surface area contributed by atoms with Gasteiger partial charge in [0.2, 0.25) is 0 Å². The molecule has 0 atom stereocenters. The highest BCUT2D eigenvalue weighted by atomic mass is 19.2. The average Bonchev–Trinajstić information content (AvgIpc) is 2.36. The predicted octanol–water partition coefficient (Wildman–Crippen LogP) is 2.73. The first-order chi connectivity index (χ1) is 9.09. The first-order valence-electron chi connectivity index (χ1n) is 6.95. The zero-order valence-corrected chi connectivity index (χ0v) is 11.8. The summed E-state index contributed by atoms with van der Waals surface area (Å²) in [6.07, 6.45) is 1.79. The number of hydrogen-bond acceptors (Lipinski definition) is 2. The zero-order valence-electron chi connectivity index (χ0n) is 11.8. The Bertz CT molecular complexity index is 367. The average molecular weight is 270 g/mol. The maximum atomic E-state index is 13.0. The number of hydrogen-bond donors (Lipinski definition) is 2. The van der Waals surface area contributed by atoms with Gasteiger partial charge in [-0.2, -0.15) is 0 Å². The van der Waals surface area contributed by atoms with E-state index in [-0.39, 0.29) is 0 Å². The van der Waals surface area contributed by atoms with Crippen molar-refractivity contribution in [1.29, 1.82) is 0 Å². The fourth-order valence-corrected chi connectivity index (χ4v) is 1.78. The Hall–Kier alpha value is -1.00. The van der Waals surface area contributed by atoms with Gasteiger partial charge in [0.1, 0.15) is 0 Å². The molecule has 0 unspecified atom stereocenters. The highest BCUT2D eigenvalue weighted by Crippen LogP contribution is 2.08. The second-order valence-corrected chi connectivity index (χ2v) is 5.20. The van der Waals surface area contributed by atoms with E-state index in [4.69, 9.17) is 0 Å². The van der Waals surface area contributed by atoms with Crippen molar-refractivity contribution >= 4 is 0 Å². The summed E-state index contributed by atoms with van der Waals surface area (Å²) in [5.41, 5.74) is 0.823. The summed E-state index contributed by atoms with van der Waals surface area (Å²) in [5, 5.41) is 6.68. The third kappa shape index (κ3) is 7.23. The molecule has 0 aliphatic heterocycles. The third-order valence-electron chi connectivity index (χ3n) is 2.83. The Morgan fingerprint density at radius 2 is 1.74 bits per heavy atom. The molecule has 0 amide bonds. The van der Waals surface area contributed by atoms with Crippen LogP contribution in [0.4, 0.5) is 8.78 Å². The molecular weight excluding hydrogens is 246 g/mol. The van der Waals surface area contributed by atoms with Crippen molar-refractivity contribution in [3.63, 3.8) is 0 Å². The van der Waals surface area contributed by atoms with Crippen molar-refractivity contribution in [1.82, 2.24) is 10.6 Å². The SMILES string of the molecule is CC(C)CNCCCNCCc1ccc(F)c(F)c1. The molecule has 19 heavy (non-hydrogen) atoms. The van der Waals surface area contributed by atoms with Crippen LogP contribution in [0, 0.1) is 17.6 Å². The van der Waals surface area contributed by atoms with E-state index >= 15 is 0 Å². The normalized spacial score (nSPS) is 11.2. The second-order valence-electron chi connectivity index (χ2n) is 5.20. The smallest absolute Gasteiger partial charge is 0.159 e. The minimum atomic E-state index is -0.784. The molecule has 0 radical (unpaired) electrons. The Labute approximate surface area is 114 Å². The van der Waals surface area contributed by atoms with Crippen LogP contribution in [0.5, 0.6) is 0 Å². The maximum Gasteiger partial charge on any atom is 0.159 e. The van der Waals surface area contributed by atoms with Crippen LogP contribution in [0.1, 0.15) is 25.8 Å². The standard InChI is InChI=1S/C15H24F2N2/c1-12(2)11-19-8-3-7-18-9-6-13-4-5-14(16)15(17)10-13/h4-5,10,12,18-19H,3,6-9,11H2,1-2H3. The summed E-state index contributed by atoms with van der Waals surface area (Å²) in [7, 11) is 0. The number of benzene rings is 1. The van der Waals surface area contributed by atoms with E-state index in [1.54, 1.807) is 6.07 Å². The molecule has 2 N–H and O–H groups in total. The molecule has 0 fully saturated rings. The lowest BCUT2D eigenvalue weighted by Gasteiger charge is -2.08. The van der Waals surface area contributed by atoms with Crippen LogP contribution in [0.15, 0.2) is 18.2 Å². The predicted molar refractivity (Wildman–Crippen MR) is 75.3 cm³/mol. The van der Waals surface area contributed by atoms with E-state index in [9.17, 15) is 8.78 Å². The summed E-state index contributed by atoms with van der Waals surface area (Å²) in [6.45, 7) is 8.16. The fourth-order valence-electron chi connectivity index (χ4n) is 1.78. The number of rotatable bonds is 9.